The van der Waals surface area contributed by atoms with Crippen molar-refractivity contribution in [3.8, 4) is 0 Å². The summed E-state index contributed by atoms with van der Waals surface area (Å²) in [5.41, 5.74) is 2.45. The fraction of sp³-hybridized carbons (Fsp3) is 0.207. The Hall–Kier alpha value is -3.82. The number of thiazole rings is 1. The number of Topliss-reactive ketones (excluding diaryl/α,β-unsaturated/α-hetero) is 1. The molecule has 1 unspecified atom stereocenters. The van der Waals surface area contributed by atoms with Crippen molar-refractivity contribution in [3.63, 3.8) is 0 Å². The predicted molar refractivity (Wildman–Crippen MR) is 149 cm³/mol. The van der Waals surface area contributed by atoms with Crippen molar-refractivity contribution in [1.29, 1.82) is 0 Å². The zero-order chi connectivity index (χ0) is 27.4. The number of nitrogens with zero attached hydrogens (tertiary/aromatic N) is 2. The second kappa shape index (κ2) is 9.18. The Morgan fingerprint density at radius 2 is 1.66 bits per heavy atom. The van der Waals surface area contributed by atoms with Crippen molar-refractivity contribution in [3.05, 3.63) is 101 Å². The normalized spacial score (nSPS) is 16.5. The number of amides is 1. The average Bonchev–Trinajstić information content (AvgIpc) is 3.41. The summed E-state index contributed by atoms with van der Waals surface area (Å²) in [4.78, 5) is 33.2. The lowest BCUT2D eigenvalue weighted by molar-refractivity contribution is -0.117. The molecule has 1 atom stereocenters. The quantitative estimate of drug-likeness (QED) is 0.318. The van der Waals surface area contributed by atoms with Gasteiger partial charge in [-0.1, -0.05) is 86.7 Å². The van der Waals surface area contributed by atoms with Crippen LogP contribution in [0.3, 0.4) is 0 Å². The number of carbonyl (C=O) groups is 2. The Morgan fingerprint density at radius 1 is 1.00 bits per heavy atom. The Bertz CT molecular complexity index is 1710. The average molecular weight is 547 g/mol. The van der Waals surface area contributed by atoms with Gasteiger partial charge in [0.05, 0.1) is 26.7 Å². The fourth-order valence-electron chi connectivity index (χ4n) is 4.49. The van der Waals surface area contributed by atoms with Crippen LogP contribution in [0.1, 0.15) is 48.3 Å². The van der Waals surface area contributed by atoms with Crippen LogP contribution < -0.4 is 4.90 Å². The first-order chi connectivity index (χ1) is 17.9. The molecule has 7 nitrogen and oxygen atoms in total. The fourth-order valence-corrected chi connectivity index (χ4v) is 6.24. The Morgan fingerprint density at radius 3 is 2.26 bits per heavy atom. The number of benzene rings is 3. The second-order valence-corrected chi connectivity index (χ2v) is 13.3. The van der Waals surface area contributed by atoms with Gasteiger partial charge in [-0.3, -0.25) is 14.5 Å². The van der Waals surface area contributed by atoms with Gasteiger partial charge in [-0.15, -0.1) is 0 Å². The highest BCUT2D eigenvalue weighted by molar-refractivity contribution is 7.90. The lowest BCUT2D eigenvalue weighted by Gasteiger charge is -2.26. The number of carbonyl (C=O) groups excluding carboxylic acids is 2. The van der Waals surface area contributed by atoms with Crippen LogP contribution in [0.4, 0.5) is 5.13 Å². The number of aliphatic hydroxyl groups is 1. The van der Waals surface area contributed by atoms with E-state index in [1.807, 2.05) is 24.3 Å². The number of rotatable bonds is 5. The number of anilines is 1. The minimum atomic E-state index is -3.44. The van der Waals surface area contributed by atoms with Gasteiger partial charge in [0.25, 0.3) is 5.91 Å². The first-order valence-corrected chi connectivity index (χ1v) is 14.6. The highest BCUT2D eigenvalue weighted by Crippen LogP contribution is 2.44. The molecular weight excluding hydrogens is 520 g/mol. The number of aromatic nitrogens is 1. The van der Waals surface area contributed by atoms with E-state index < -0.39 is 33.3 Å². The molecule has 9 heteroatoms. The number of aliphatic hydroxyl groups excluding tert-OH is 1. The summed E-state index contributed by atoms with van der Waals surface area (Å²) >= 11 is 1.13. The molecule has 0 aliphatic carbocycles. The highest BCUT2D eigenvalue weighted by atomic mass is 32.2. The summed E-state index contributed by atoms with van der Waals surface area (Å²) in [6.07, 6.45) is 1.13. The molecule has 1 aromatic heterocycles. The third kappa shape index (κ3) is 4.52. The van der Waals surface area contributed by atoms with Gasteiger partial charge in [-0.2, -0.15) is 0 Å². The summed E-state index contributed by atoms with van der Waals surface area (Å²) in [6.45, 7) is 6.28. The van der Waals surface area contributed by atoms with Gasteiger partial charge in [0.15, 0.2) is 26.5 Å². The number of sulfone groups is 1. The van der Waals surface area contributed by atoms with Gasteiger partial charge in [-0.05, 0) is 34.7 Å². The summed E-state index contributed by atoms with van der Waals surface area (Å²) in [5.74, 6) is -1.82. The number of ketones is 1. The molecular formula is C29H26N2O5S2. The van der Waals surface area contributed by atoms with Crippen molar-refractivity contribution >= 4 is 48.2 Å². The van der Waals surface area contributed by atoms with Crippen molar-refractivity contribution in [2.45, 2.75) is 37.1 Å². The van der Waals surface area contributed by atoms with E-state index in [-0.39, 0.29) is 21.0 Å². The smallest absolute Gasteiger partial charge is 0.296 e. The maximum Gasteiger partial charge on any atom is 0.296 e. The highest BCUT2D eigenvalue weighted by Gasteiger charge is 2.46. The van der Waals surface area contributed by atoms with Crippen LogP contribution in [0, 0.1) is 0 Å². The monoisotopic (exact) mass is 546 g/mol. The zero-order valence-corrected chi connectivity index (χ0v) is 22.9. The minimum Gasteiger partial charge on any atom is -0.503 e. The second-order valence-electron chi connectivity index (χ2n) is 10.3. The van der Waals surface area contributed by atoms with E-state index in [1.54, 1.807) is 36.4 Å². The molecule has 1 N–H and O–H groups in total. The minimum absolute atomic E-state index is 0.0270. The predicted octanol–water partition coefficient (Wildman–Crippen LogP) is 5.78. The van der Waals surface area contributed by atoms with Crippen LogP contribution >= 0.6 is 11.3 Å². The SMILES string of the molecule is CC(C)(C)c1ccc(C2C(C(=O)c3ccccc3)=C(O)C(=O)N2c2nc3ccc(S(C)(=O)=O)cc3s2)cc1. The molecule has 0 radical (unpaired) electrons. The summed E-state index contributed by atoms with van der Waals surface area (Å²) in [5, 5.41) is 11.3. The van der Waals surface area contributed by atoms with Gasteiger partial charge < -0.3 is 5.11 Å². The van der Waals surface area contributed by atoms with Crippen LogP contribution in [0.25, 0.3) is 10.2 Å². The van der Waals surface area contributed by atoms with Gasteiger partial charge in [-0.25, -0.2) is 13.4 Å². The summed E-state index contributed by atoms with van der Waals surface area (Å²) < 4.78 is 24.7. The van der Waals surface area contributed by atoms with Gasteiger partial charge >= 0.3 is 0 Å². The lowest BCUT2D eigenvalue weighted by atomic mass is 9.85. The molecule has 0 fully saturated rings. The zero-order valence-electron chi connectivity index (χ0n) is 21.3. The van der Waals surface area contributed by atoms with Gasteiger partial charge in [0.2, 0.25) is 0 Å². The number of hydrogen-bond donors (Lipinski definition) is 1. The molecule has 4 aromatic rings. The Labute approximate surface area is 225 Å². The van der Waals surface area contributed by atoms with Crippen molar-refractivity contribution in [2.75, 3.05) is 11.2 Å². The summed E-state index contributed by atoms with van der Waals surface area (Å²) in [6, 6.07) is 19.8. The first-order valence-electron chi connectivity index (χ1n) is 11.9. The molecule has 0 saturated carbocycles. The third-order valence-corrected chi connectivity index (χ3v) is 8.69. The van der Waals surface area contributed by atoms with Crippen LogP contribution in [-0.2, 0) is 20.0 Å². The van der Waals surface area contributed by atoms with E-state index in [4.69, 9.17) is 0 Å². The first kappa shape index (κ1) is 25.8. The lowest BCUT2D eigenvalue weighted by Crippen LogP contribution is -2.31. The molecule has 3 aromatic carbocycles. The molecule has 1 aliphatic heterocycles. The van der Waals surface area contributed by atoms with E-state index in [2.05, 4.69) is 25.8 Å². The van der Waals surface area contributed by atoms with Gasteiger partial charge in [0.1, 0.15) is 0 Å². The van der Waals surface area contributed by atoms with Crippen LogP contribution in [-0.4, -0.2) is 36.5 Å². The van der Waals surface area contributed by atoms with E-state index in [1.165, 1.54) is 17.0 Å². The maximum absolute atomic E-state index is 13.6. The Balaban J connectivity index is 1.67. The molecule has 0 saturated heterocycles. The van der Waals surface area contributed by atoms with E-state index >= 15 is 0 Å². The molecule has 1 aliphatic rings. The van der Waals surface area contributed by atoms with Crippen molar-refractivity contribution in [1.82, 2.24) is 4.98 Å². The maximum atomic E-state index is 13.6. The van der Waals surface area contributed by atoms with Crippen molar-refractivity contribution in [2.24, 2.45) is 0 Å². The molecule has 0 spiro atoms. The molecule has 194 valence electrons. The number of fused-ring (bicyclic) bond motifs is 1. The molecule has 5 rings (SSSR count). The van der Waals surface area contributed by atoms with Gasteiger partial charge in [0, 0.05) is 11.8 Å². The largest absolute Gasteiger partial charge is 0.503 e. The Kier molecular flexibility index (Phi) is 6.24. The summed E-state index contributed by atoms with van der Waals surface area (Å²) in [7, 11) is -3.44. The topological polar surface area (TPSA) is 105 Å². The number of hydrogen-bond acceptors (Lipinski definition) is 7. The van der Waals surface area contributed by atoms with E-state index in [0.717, 1.165) is 23.2 Å². The standard InChI is InChI=1S/C29H26N2O5S2/c1-29(2,3)19-12-10-17(11-13-19)24-23(25(32)18-8-6-5-7-9-18)26(33)27(34)31(24)28-30-21-15-14-20(38(4,35)36)16-22(21)37-28/h5-16,24,33H,1-4H3. The molecule has 1 amide bonds. The molecule has 2 heterocycles. The van der Waals surface area contributed by atoms with Crippen LogP contribution in [0.2, 0.25) is 0 Å². The van der Waals surface area contributed by atoms with E-state index in [9.17, 15) is 23.1 Å². The van der Waals surface area contributed by atoms with E-state index in [0.29, 0.717) is 21.3 Å². The van der Waals surface area contributed by atoms with Crippen molar-refractivity contribution < 1.29 is 23.1 Å². The van der Waals surface area contributed by atoms with Crippen LogP contribution in [0.15, 0.2) is 89.0 Å². The molecule has 0 bridgehead atoms. The van der Waals surface area contributed by atoms with Crippen LogP contribution in [0.5, 0.6) is 0 Å². The molecule has 38 heavy (non-hydrogen) atoms. The third-order valence-electron chi connectivity index (χ3n) is 6.56.